The zero-order chi connectivity index (χ0) is 15.6. The predicted octanol–water partition coefficient (Wildman–Crippen LogP) is 2.82. The Morgan fingerprint density at radius 2 is 2.14 bits per heavy atom. The number of halogens is 3. The molecule has 0 radical (unpaired) electrons. The van der Waals surface area contributed by atoms with Crippen LogP contribution in [0.2, 0.25) is 0 Å². The molecule has 6 heteroatoms. The molecular formula is C15H21F3N2O. The van der Waals surface area contributed by atoms with Crippen LogP contribution < -0.4 is 10.6 Å². The number of benzene rings is 1. The van der Waals surface area contributed by atoms with E-state index in [1.807, 2.05) is 4.90 Å². The van der Waals surface area contributed by atoms with Crippen molar-refractivity contribution < 1.29 is 17.9 Å². The van der Waals surface area contributed by atoms with Crippen LogP contribution in [-0.2, 0) is 17.3 Å². The molecular weight excluding hydrogens is 281 g/mol. The second-order valence-corrected chi connectivity index (χ2v) is 5.61. The largest absolute Gasteiger partial charge is 0.416 e. The molecule has 0 spiro atoms. The molecule has 1 heterocycles. The SMILES string of the molecule is COC1CCN(c2ccc(CC(C)N)c(C(F)(F)F)c2)C1. The summed E-state index contributed by atoms with van der Waals surface area (Å²) < 4.78 is 44.9. The molecule has 2 N–H and O–H groups in total. The lowest BCUT2D eigenvalue weighted by Gasteiger charge is -2.22. The Morgan fingerprint density at radius 1 is 1.43 bits per heavy atom. The highest BCUT2D eigenvalue weighted by Crippen LogP contribution is 2.36. The maximum absolute atomic E-state index is 13.2. The summed E-state index contributed by atoms with van der Waals surface area (Å²) in [5, 5.41) is 0. The lowest BCUT2D eigenvalue weighted by molar-refractivity contribution is -0.138. The average Bonchev–Trinajstić information content (AvgIpc) is 2.86. The van der Waals surface area contributed by atoms with Crippen molar-refractivity contribution in [1.82, 2.24) is 0 Å². The molecule has 1 aromatic rings. The molecule has 3 nitrogen and oxygen atoms in total. The van der Waals surface area contributed by atoms with Gasteiger partial charge in [-0.15, -0.1) is 0 Å². The number of methoxy groups -OCH3 is 1. The summed E-state index contributed by atoms with van der Waals surface area (Å²) >= 11 is 0. The van der Waals surface area contributed by atoms with E-state index < -0.39 is 11.7 Å². The normalized spacial score (nSPS) is 20.9. The van der Waals surface area contributed by atoms with E-state index in [-0.39, 0.29) is 24.1 Å². The van der Waals surface area contributed by atoms with Gasteiger partial charge in [0.1, 0.15) is 0 Å². The van der Waals surface area contributed by atoms with E-state index in [1.54, 1.807) is 26.2 Å². The number of hydrogen-bond acceptors (Lipinski definition) is 3. The summed E-state index contributed by atoms with van der Waals surface area (Å²) in [6.07, 6.45) is -3.22. The van der Waals surface area contributed by atoms with Gasteiger partial charge in [0.25, 0.3) is 0 Å². The average molecular weight is 302 g/mol. The Labute approximate surface area is 122 Å². The first-order chi connectivity index (χ1) is 9.81. The van der Waals surface area contributed by atoms with E-state index in [4.69, 9.17) is 10.5 Å². The van der Waals surface area contributed by atoms with Crippen molar-refractivity contribution >= 4 is 5.69 Å². The monoisotopic (exact) mass is 302 g/mol. The molecule has 0 saturated carbocycles. The third-order valence-electron chi connectivity index (χ3n) is 3.78. The van der Waals surface area contributed by atoms with Gasteiger partial charge in [0, 0.05) is 31.9 Å². The Morgan fingerprint density at radius 3 is 2.67 bits per heavy atom. The minimum Gasteiger partial charge on any atom is -0.380 e. The van der Waals surface area contributed by atoms with Gasteiger partial charge in [-0.1, -0.05) is 6.07 Å². The summed E-state index contributed by atoms with van der Waals surface area (Å²) in [7, 11) is 1.63. The Hall–Kier alpha value is -1.27. The third kappa shape index (κ3) is 3.89. The van der Waals surface area contributed by atoms with E-state index in [9.17, 15) is 13.2 Å². The summed E-state index contributed by atoms with van der Waals surface area (Å²) in [4.78, 5) is 1.93. The van der Waals surface area contributed by atoms with Gasteiger partial charge in [-0.25, -0.2) is 0 Å². The first-order valence-corrected chi connectivity index (χ1v) is 7.04. The Kier molecular flexibility index (Phi) is 4.78. The fourth-order valence-electron chi connectivity index (χ4n) is 2.71. The van der Waals surface area contributed by atoms with Gasteiger partial charge in [0.15, 0.2) is 0 Å². The standard InChI is InChI=1S/C15H21F3N2O/c1-10(19)7-11-3-4-12(8-14(11)15(16,17)18)20-6-5-13(9-20)21-2/h3-4,8,10,13H,5-7,9,19H2,1-2H3. The predicted molar refractivity (Wildman–Crippen MR) is 76.4 cm³/mol. The van der Waals surface area contributed by atoms with Crippen LogP contribution in [0.15, 0.2) is 18.2 Å². The molecule has 2 rings (SSSR count). The molecule has 1 saturated heterocycles. The van der Waals surface area contributed by atoms with Crippen LogP contribution in [-0.4, -0.2) is 32.3 Å². The summed E-state index contributed by atoms with van der Waals surface area (Å²) in [6.45, 7) is 3.04. The van der Waals surface area contributed by atoms with E-state index in [0.717, 1.165) is 6.42 Å². The van der Waals surface area contributed by atoms with Gasteiger partial charge in [0.2, 0.25) is 0 Å². The van der Waals surface area contributed by atoms with Crippen LogP contribution in [0.4, 0.5) is 18.9 Å². The number of anilines is 1. The summed E-state index contributed by atoms with van der Waals surface area (Å²) in [6, 6.07) is 4.21. The number of nitrogens with zero attached hydrogens (tertiary/aromatic N) is 1. The van der Waals surface area contributed by atoms with Crippen LogP contribution in [0.5, 0.6) is 0 Å². The number of nitrogens with two attached hydrogens (primary N) is 1. The molecule has 0 aromatic heterocycles. The molecule has 1 fully saturated rings. The van der Waals surface area contributed by atoms with Crippen molar-refractivity contribution in [2.75, 3.05) is 25.1 Å². The summed E-state index contributed by atoms with van der Waals surface area (Å²) in [5.41, 5.74) is 5.90. The molecule has 0 bridgehead atoms. The first kappa shape index (κ1) is 16.1. The van der Waals surface area contributed by atoms with E-state index >= 15 is 0 Å². The second-order valence-electron chi connectivity index (χ2n) is 5.61. The van der Waals surface area contributed by atoms with Gasteiger partial charge in [-0.3, -0.25) is 0 Å². The van der Waals surface area contributed by atoms with Crippen molar-refractivity contribution in [2.45, 2.75) is 38.1 Å². The smallest absolute Gasteiger partial charge is 0.380 e. The number of ether oxygens (including phenoxy) is 1. The van der Waals surface area contributed by atoms with Crippen LogP contribution in [0.25, 0.3) is 0 Å². The number of hydrogen-bond donors (Lipinski definition) is 1. The van der Waals surface area contributed by atoms with Crippen molar-refractivity contribution in [2.24, 2.45) is 5.73 Å². The number of alkyl halides is 3. The van der Waals surface area contributed by atoms with E-state index in [1.165, 1.54) is 6.07 Å². The van der Waals surface area contributed by atoms with Crippen LogP contribution in [0.3, 0.4) is 0 Å². The quantitative estimate of drug-likeness (QED) is 0.929. The van der Waals surface area contributed by atoms with Gasteiger partial charge in [-0.2, -0.15) is 13.2 Å². The second kappa shape index (κ2) is 6.23. The van der Waals surface area contributed by atoms with Gasteiger partial charge < -0.3 is 15.4 Å². The van der Waals surface area contributed by atoms with Gasteiger partial charge in [-0.05, 0) is 37.5 Å². The van der Waals surface area contributed by atoms with Gasteiger partial charge >= 0.3 is 6.18 Å². The first-order valence-electron chi connectivity index (χ1n) is 7.04. The number of rotatable bonds is 4. The molecule has 1 aromatic carbocycles. The highest BCUT2D eigenvalue weighted by Gasteiger charge is 2.34. The summed E-state index contributed by atoms with van der Waals surface area (Å²) in [5.74, 6) is 0. The zero-order valence-corrected chi connectivity index (χ0v) is 12.3. The highest BCUT2D eigenvalue weighted by molar-refractivity contribution is 5.53. The Bertz CT molecular complexity index is 488. The fourth-order valence-corrected chi connectivity index (χ4v) is 2.71. The van der Waals surface area contributed by atoms with Crippen LogP contribution >= 0.6 is 0 Å². The molecule has 0 amide bonds. The van der Waals surface area contributed by atoms with Crippen molar-refractivity contribution in [3.05, 3.63) is 29.3 Å². The van der Waals surface area contributed by atoms with E-state index in [2.05, 4.69) is 0 Å². The lowest BCUT2D eigenvalue weighted by Crippen LogP contribution is -2.24. The molecule has 1 aliphatic heterocycles. The molecule has 1 aliphatic rings. The molecule has 21 heavy (non-hydrogen) atoms. The Balaban J connectivity index is 2.29. The van der Waals surface area contributed by atoms with Crippen molar-refractivity contribution in [1.29, 1.82) is 0 Å². The highest BCUT2D eigenvalue weighted by atomic mass is 19.4. The minimum atomic E-state index is -4.36. The molecule has 118 valence electrons. The topological polar surface area (TPSA) is 38.5 Å². The van der Waals surface area contributed by atoms with Crippen molar-refractivity contribution in [3.63, 3.8) is 0 Å². The maximum Gasteiger partial charge on any atom is 0.416 e. The van der Waals surface area contributed by atoms with Gasteiger partial charge in [0.05, 0.1) is 11.7 Å². The fraction of sp³-hybridized carbons (Fsp3) is 0.600. The maximum atomic E-state index is 13.2. The minimum absolute atomic E-state index is 0.0862. The third-order valence-corrected chi connectivity index (χ3v) is 3.78. The lowest BCUT2D eigenvalue weighted by atomic mass is 10.00. The van der Waals surface area contributed by atoms with Crippen LogP contribution in [0.1, 0.15) is 24.5 Å². The molecule has 0 aliphatic carbocycles. The molecule has 2 unspecified atom stereocenters. The molecule has 2 atom stereocenters. The van der Waals surface area contributed by atoms with E-state index in [0.29, 0.717) is 18.8 Å². The zero-order valence-electron chi connectivity index (χ0n) is 12.3. The van der Waals surface area contributed by atoms with Crippen molar-refractivity contribution in [3.8, 4) is 0 Å². The van der Waals surface area contributed by atoms with Crippen LogP contribution in [0, 0.1) is 0 Å².